The van der Waals surface area contributed by atoms with Gasteiger partial charge in [-0.15, -0.1) is 11.3 Å². The average Bonchev–Trinajstić information content (AvgIpc) is 2.84. The lowest BCUT2D eigenvalue weighted by Crippen LogP contribution is -2.09. The lowest BCUT2D eigenvalue weighted by Gasteiger charge is -2.11. The Labute approximate surface area is 105 Å². The van der Waals surface area contributed by atoms with Gasteiger partial charge in [0.15, 0.2) is 0 Å². The quantitative estimate of drug-likeness (QED) is 0.732. The van der Waals surface area contributed by atoms with Crippen LogP contribution in [-0.2, 0) is 0 Å². The molecular formula is C13H15NS2. The highest BCUT2D eigenvalue weighted by molar-refractivity contribution is 7.99. The van der Waals surface area contributed by atoms with Crippen LogP contribution in [0.3, 0.4) is 0 Å². The average molecular weight is 249 g/mol. The van der Waals surface area contributed by atoms with Crippen molar-refractivity contribution < 1.29 is 0 Å². The van der Waals surface area contributed by atoms with Gasteiger partial charge in [0.1, 0.15) is 0 Å². The Kier molecular flexibility index (Phi) is 2.92. The monoisotopic (exact) mass is 249 g/mol. The first-order chi connectivity index (χ1) is 7.81. The normalized spacial score (nSPS) is 21.9. The van der Waals surface area contributed by atoms with Crippen LogP contribution in [0.4, 0.5) is 0 Å². The molecule has 0 amide bonds. The highest BCUT2D eigenvalue weighted by atomic mass is 32.2. The Morgan fingerprint density at radius 1 is 1.38 bits per heavy atom. The zero-order valence-corrected chi connectivity index (χ0v) is 11.0. The van der Waals surface area contributed by atoms with Crippen molar-refractivity contribution in [3.8, 4) is 0 Å². The molecule has 0 saturated carbocycles. The number of thiophene rings is 1. The predicted octanol–water partition coefficient (Wildman–Crippen LogP) is 4.25. The maximum Gasteiger partial charge on any atom is 0.0766 e. The summed E-state index contributed by atoms with van der Waals surface area (Å²) in [6.07, 6.45) is 1.35. The van der Waals surface area contributed by atoms with Crippen molar-refractivity contribution in [1.29, 1.82) is 0 Å². The molecule has 0 bridgehead atoms. The molecule has 1 nitrogen and oxygen atoms in total. The summed E-state index contributed by atoms with van der Waals surface area (Å²) < 4.78 is 5.32. The third-order valence-corrected chi connectivity index (χ3v) is 5.28. The largest absolute Gasteiger partial charge is 0.245 e. The van der Waals surface area contributed by atoms with E-state index >= 15 is 0 Å². The highest BCUT2D eigenvalue weighted by Crippen LogP contribution is 2.36. The summed E-state index contributed by atoms with van der Waals surface area (Å²) in [5.74, 6) is 0.863. The molecule has 16 heavy (non-hydrogen) atoms. The Hall–Kier alpha value is -0.510. The van der Waals surface area contributed by atoms with E-state index in [1.165, 1.54) is 33.8 Å². The van der Waals surface area contributed by atoms with Crippen molar-refractivity contribution in [3.63, 3.8) is 0 Å². The Morgan fingerprint density at radius 3 is 3.00 bits per heavy atom. The first kappa shape index (κ1) is 10.6. The molecular weight excluding hydrogens is 234 g/mol. The number of hydrogen-bond donors (Lipinski definition) is 0. The van der Waals surface area contributed by atoms with Gasteiger partial charge in [-0.3, -0.25) is 0 Å². The molecule has 1 aromatic carbocycles. The first-order valence-electron chi connectivity index (χ1n) is 5.73. The summed E-state index contributed by atoms with van der Waals surface area (Å²) in [6, 6.07) is 10.9. The van der Waals surface area contributed by atoms with Crippen LogP contribution in [0.1, 0.15) is 13.3 Å². The Balaban J connectivity index is 1.79. The van der Waals surface area contributed by atoms with Gasteiger partial charge in [0, 0.05) is 17.8 Å². The third kappa shape index (κ3) is 2.12. The molecule has 3 rings (SSSR count). The second kappa shape index (κ2) is 4.40. The van der Waals surface area contributed by atoms with Gasteiger partial charge in [0.25, 0.3) is 0 Å². The fourth-order valence-corrected chi connectivity index (χ4v) is 4.60. The Bertz CT molecular complexity index is 458. The van der Waals surface area contributed by atoms with Gasteiger partial charge in [0.2, 0.25) is 0 Å². The molecule has 1 aromatic heterocycles. The van der Waals surface area contributed by atoms with Crippen LogP contribution in [0.5, 0.6) is 0 Å². The van der Waals surface area contributed by atoms with Crippen molar-refractivity contribution in [1.82, 2.24) is 4.31 Å². The van der Waals surface area contributed by atoms with E-state index in [0.717, 1.165) is 5.92 Å². The maximum absolute atomic E-state index is 2.50. The van der Waals surface area contributed by atoms with Crippen LogP contribution < -0.4 is 0 Å². The fraction of sp³-hybridized carbons (Fsp3) is 0.385. The second-order valence-electron chi connectivity index (χ2n) is 4.48. The molecule has 0 spiro atoms. The molecule has 1 fully saturated rings. The molecule has 1 saturated heterocycles. The van der Waals surface area contributed by atoms with E-state index in [9.17, 15) is 0 Å². The maximum atomic E-state index is 2.50. The summed E-state index contributed by atoms with van der Waals surface area (Å²) in [5, 5.41) is 1.38. The number of benzene rings is 1. The van der Waals surface area contributed by atoms with Gasteiger partial charge in [0.05, 0.1) is 4.21 Å². The lowest BCUT2D eigenvalue weighted by molar-refractivity contribution is 0.550. The minimum absolute atomic E-state index is 0.863. The van der Waals surface area contributed by atoms with Crippen LogP contribution in [0.15, 0.2) is 34.5 Å². The van der Waals surface area contributed by atoms with Gasteiger partial charge in [-0.05, 0) is 41.8 Å². The zero-order valence-electron chi connectivity index (χ0n) is 9.35. The van der Waals surface area contributed by atoms with Gasteiger partial charge in [-0.2, -0.15) is 0 Å². The smallest absolute Gasteiger partial charge is 0.0766 e. The van der Waals surface area contributed by atoms with Crippen LogP contribution in [-0.4, -0.2) is 17.4 Å². The number of hydrogen-bond acceptors (Lipinski definition) is 3. The molecule has 2 aromatic rings. The van der Waals surface area contributed by atoms with Gasteiger partial charge in [-0.1, -0.05) is 25.1 Å². The molecule has 2 heterocycles. The topological polar surface area (TPSA) is 3.24 Å². The standard InChI is InChI=1S/C13H15NS2/c1-10-6-7-14(9-10)16-13-8-11-4-2-3-5-12(11)15-13/h2-5,8,10H,6-7,9H2,1H3/t10-/m0/s1. The minimum Gasteiger partial charge on any atom is -0.245 e. The fourth-order valence-electron chi connectivity index (χ4n) is 2.11. The van der Waals surface area contributed by atoms with Crippen LogP contribution in [0, 0.1) is 5.92 Å². The number of fused-ring (bicyclic) bond motifs is 1. The van der Waals surface area contributed by atoms with Crippen LogP contribution in [0.25, 0.3) is 10.1 Å². The van der Waals surface area contributed by atoms with Crippen molar-refractivity contribution >= 4 is 33.4 Å². The Morgan fingerprint density at radius 2 is 2.25 bits per heavy atom. The van der Waals surface area contributed by atoms with Gasteiger partial charge < -0.3 is 0 Å². The molecule has 0 N–H and O–H groups in total. The predicted molar refractivity (Wildman–Crippen MR) is 73.0 cm³/mol. The van der Waals surface area contributed by atoms with E-state index in [-0.39, 0.29) is 0 Å². The summed E-state index contributed by atoms with van der Waals surface area (Å²) in [4.78, 5) is 0. The first-order valence-corrected chi connectivity index (χ1v) is 7.32. The molecule has 1 atom stereocenters. The molecule has 1 aliphatic heterocycles. The molecule has 0 unspecified atom stereocenters. The van der Waals surface area contributed by atoms with Gasteiger partial charge >= 0.3 is 0 Å². The van der Waals surface area contributed by atoms with E-state index in [0.29, 0.717) is 0 Å². The van der Waals surface area contributed by atoms with Crippen molar-refractivity contribution in [2.45, 2.75) is 17.6 Å². The SMILES string of the molecule is C[C@H]1CCN(Sc2cc3ccccc3s2)C1. The van der Waals surface area contributed by atoms with Crippen LogP contribution >= 0.6 is 23.3 Å². The van der Waals surface area contributed by atoms with E-state index in [4.69, 9.17) is 0 Å². The molecule has 3 heteroatoms. The molecule has 84 valence electrons. The summed E-state index contributed by atoms with van der Waals surface area (Å²) in [5.41, 5.74) is 0. The van der Waals surface area contributed by atoms with Crippen LogP contribution in [0.2, 0.25) is 0 Å². The van der Waals surface area contributed by atoms with Gasteiger partial charge in [-0.25, -0.2) is 4.31 Å². The number of nitrogens with zero attached hydrogens (tertiary/aromatic N) is 1. The molecule has 0 aliphatic carbocycles. The van der Waals surface area contributed by atoms with E-state index < -0.39 is 0 Å². The zero-order chi connectivity index (χ0) is 11.0. The third-order valence-electron chi connectivity index (χ3n) is 3.01. The highest BCUT2D eigenvalue weighted by Gasteiger charge is 2.19. The van der Waals surface area contributed by atoms with Crippen molar-refractivity contribution in [2.75, 3.05) is 13.1 Å². The summed E-state index contributed by atoms with van der Waals surface area (Å²) >= 11 is 3.84. The summed E-state index contributed by atoms with van der Waals surface area (Å²) in [7, 11) is 0. The lowest BCUT2D eigenvalue weighted by atomic mass is 10.2. The van der Waals surface area contributed by atoms with E-state index in [1.807, 2.05) is 23.3 Å². The van der Waals surface area contributed by atoms with Crippen molar-refractivity contribution in [3.05, 3.63) is 30.3 Å². The van der Waals surface area contributed by atoms with Crippen molar-refractivity contribution in [2.24, 2.45) is 5.92 Å². The van der Waals surface area contributed by atoms with E-state index in [2.05, 4.69) is 41.6 Å². The number of rotatable bonds is 2. The summed E-state index contributed by atoms with van der Waals surface area (Å²) in [6.45, 7) is 4.81. The second-order valence-corrected chi connectivity index (χ2v) is 6.96. The molecule has 1 aliphatic rings. The minimum atomic E-state index is 0.863. The molecule has 0 radical (unpaired) electrons. The van der Waals surface area contributed by atoms with E-state index in [1.54, 1.807) is 0 Å².